The molecule has 5 nitrogen and oxygen atoms in total. The fourth-order valence-corrected chi connectivity index (χ4v) is 3.48. The highest BCUT2D eigenvalue weighted by Gasteiger charge is 2.53. The first-order valence-electron chi connectivity index (χ1n) is 7.41. The van der Waals surface area contributed by atoms with E-state index in [0.717, 1.165) is 51.9 Å². The molecule has 0 aromatic heterocycles. The van der Waals surface area contributed by atoms with Gasteiger partial charge in [-0.1, -0.05) is 12.8 Å². The third kappa shape index (κ3) is 2.78. The van der Waals surface area contributed by atoms with E-state index >= 15 is 0 Å². The van der Waals surface area contributed by atoms with Gasteiger partial charge in [0.05, 0.1) is 12.7 Å². The standard InChI is InChI=1S/C14H26N2O3/c1-3-19-13(17)14(16-10-8-15-9-11-16)7-5-4-6-12(14)18-2/h12,15H,3-11H2,1-2H3. The van der Waals surface area contributed by atoms with E-state index in [4.69, 9.17) is 9.47 Å². The van der Waals surface area contributed by atoms with E-state index in [0.29, 0.717) is 6.61 Å². The van der Waals surface area contributed by atoms with Gasteiger partial charge in [0.2, 0.25) is 0 Å². The van der Waals surface area contributed by atoms with Crippen molar-refractivity contribution in [3.63, 3.8) is 0 Å². The summed E-state index contributed by atoms with van der Waals surface area (Å²) in [6.45, 7) is 5.93. The van der Waals surface area contributed by atoms with Crippen molar-refractivity contribution in [1.82, 2.24) is 10.2 Å². The molecule has 1 aliphatic carbocycles. The maximum absolute atomic E-state index is 12.6. The van der Waals surface area contributed by atoms with Gasteiger partial charge in [-0.25, -0.2) is 4.79 Å². The van der Waals surface area contributed by atoms with Gasteiger partial charge >= 0.3 is 5.97 Å². The molecule has 5 heteroatoms. The van der Waals surface area contributed by atoms with E-state index < -0.39 is 5.54 Å². The van der Waals surface area contributed by atoms with E-state index in [9.17, 15) is 4.79 Å². The van der Waals surface area contributed by atoms with E-state index in [1.807, 2.05) is 6.92 Å². The van der Waals surface area contributed by atoms with E-state index in [1.165, 1.54) is 0 Å². The number of ether oxygens (including phenoxy) is 2. The number of nitrogens with one attached hydrogen (secondary N) is 1. The Morgan fingerprint density at radius 2 is 2.11 bits per heavy atom. The van der Waals surface area contributed by atoms with Crippen LogP contribution in [-0.4, -0.2) is 62.4 Å². The minimum atomic E-state index is -0.564. The largest absolute Gasteiger partial charge is 0.465 e. The molecule has 1 saturated carbocycles. The summed E-state index contributed by atoms with van der Waals surface area (Å²) in [6.07, 6.45) is 3.95. The summed E-state index contributed by atoms with van der Waals surface area (Å²) in [7, 11) is 1.71. The summed E-state index contributed by atoms with van der Waals surface area (Å²) in [5, 5.41) is 3.34. The first-order chi connectivity index (χ1) is 9.25. The summed E-state index contributed by atoms with van der Waals surface area (Å²) in [6, 6.07) is 0. The van der Waals surface area contributed by atoms with Crippen LogP contribution >= 0.6 is 0 Å². The Hall–Kier alpha value is -0.650. The fourth-order valence-electron chi connectivity index (χ4n) is 3.48. The zero-order valence-corrected chi connectivity index (χ0v) is 12.1. The van der Waals surface area contributed by atoms with Gasteiger partial charge in [0.1, 0.15) is 5.54 Å². The normalized spacial score (nSPS) is 33.1. The lowest BCUT2D eigenvalue weighted by Gasteiger charge is -2.49. The highest BCUT2D eigenvalue weighted by atomic mass is 16.5. The summed E-state index contributed by atoms with van der Waals surface area (Å²) in [4.78, 5) is 14.9. The molecule has 2 atom stereocenters. The Morgan fingerprint density at radius 1 is 1.37 bits per heavy atom. The molecule has 1 saturated heterocycles. The number of nitrogens with zero attached hydrogens (tertiary/aromatic N) is 1. The smallest absolute Gasteiger partial charge is 0.329 e. The molecule has 2 rings (SSSR count). The van der Waals surface area contributed by atoms with Gasteiger partial charge in [-0.05, 0) is 19.8 Å². The maximum Gasteiger partial charge on any atom is 0.329 e. The van der Waals surface area contributed by atoms with Crippen LogP contribution < -0.4 is 5.32 Å². The number of carbonyl (C=O) groups is 1. The number of hydrogen-bond donors (Lipinski definition) is 1. The predicted molar refractivity (Wildman–Crippen MR) is 73.1 cm³/mol. The highest BCUT2D eigenvalue weighted by Crippen LogP contribution is 2.37. The second-order valence-electron chi connectivity index (χ2n) is 5.35. The Labute approximate surface area is 115 Å². The Morgan fingerprint density at radius 3 is 2.74 bits per heavy atom. The molecule has 0 amide bonds. The molecule has 110 valence electrons. The first-order valence-corrected chi connectivity index (χ1v) is 7.41. The van der Waals surface area contributed by atoms with Crippen LogP contribution in [0.4, 0.5) is 0 Å². The van der Waals surface area contributed by atoms with Crippen LogP contribution in [0.15, 0.2) is 0 Å². The van der Waals surface area contributed by atoms with Crippen molar-refractivity contribution >= 4 is 5.97 Å². The van der Waals surface area contributed by atoms with Crippen LogP contribution in [0.3, 0.4) is 0 Å². The van der Waals surface area contributed by atoms with Gasteiger partial charge in [0.15, 0.2) is 0 Å². The molecule has 0 spiro atoms. The van der Waals surface area contributed by atoms with Gasteiger partial charge < -0.3 is 14.8 Å². The zero-order chi connectivity index (χ0) is 13.7. The third-order valence-electron chi connectivity index (χ3n) is 4.40. The molecule has 2 unspecified atom stereocenters. The van der Waals surface area contributed by atoms with Crippen molar-refractivity contribution in [3.05, 3.63) is 0 Å². The van der Waals surface area contributed by atoms with Crippen LogP contribution in [0.5, 0.6) is 0 Å². The van der Waals surface area contributed by atoms with Crippen LogP contribution in [0.1, 0.15) is 32.6 Å². The van der Waals surface area contributed by atoms with Gasteiger partial charge in [0, 0.05) is 33.3 Å². The quantitative estimate of drug-likeness (QED) is 0.765. The molecule has 0 aromatic rings. The van der Waals surface area contributed by atoms with Crippen molar-refractivity contribution in [3.8, 4) is 0 Å². The van der Waals surface area contributed by atoms with E-state index in [2.05, 4.69) is 10.2 Å². The monoisotopic (exact) mass is 270 g/mol. The molecule has 1 aliphatic heterocycles. The number of rotatable bonds is 4. The molecule has 2 aliphatic rings. The minimum Gasteiger partial charge on any atom is -0.465 e. The summed E-state index contributed by atoms with van der Waals surface area (Å²) in [5.74, 6) is -0.0940. The molecule has 0 aromatic carbocycles. The average molecular weight is 270 g/mol. The molecule has 0 bridgehead atoms. The van der Waals surface area contributed by atoms with Crippen molar-refractivity contribution < 1.29 is 14.3 Å². The van der Waals surface area contributed by atoms with Gasteiger partial charge in [-0.15, -0.1) is 0 Å². The molecular weight excluding hydrogens is 244 g/mol. The summed E-state index contributed by atoms with van der Waals surface area (Å²) >= 11 is 0. The second-order valence-corrected chi connectivity index (χ2v) is 5.35. The number of methoxy groups -OCH3 is 1. The van der Waals surface area contributed by atoms with Crippen molar-refractivity contribution in [2.45, 2.75) is 44.2 Å². The van der Waals surface area contributed by atoms with Crippen molar-refractivity contribution in [2.24, 2.45) is 0 Å². The highest BCUT2D eigenvalue weighted by molar-refractivity contribution is 5.82. The molecule has 2 fully saturated rings. The minimum absolute atomic E-state index is 0.0431. The lowest BCUT2D eigenvalue weighted by molar-refractivity contribution is -0.175. The van der Waals surface area contributed by atoms with Crippen LogP contribution in [-0.2, 0) is 14.3 Å². The third-order valence-corrected chi connectivity index (χ3v) is 4.40. The molecule has 1 N–H and O–H groups in total. The fraction of sp³-hybridized carbons (Fsp3) is 0.929. The number of esters is 1. The predicted octanol–water partition coefficient (Wildman–Crippen LogP) is 0.783. The number of carbonyl (C=O) groups excluding carboxylic acids is 1. The van der Waals surface area contributed by atoms with Crippen molar-refractivity contribution in [2.75, 3.05) is 39.9 Å². The van der Waals surface area contributed by atoms with Crippen LogP contribution in [0.2, 0.25) is 0 Å². The second kappa shape index (κ2) is 6.68. The lowest BCUT2D eigenvalue weighted by atomic mass is 9.77. The van der Waals surface area contributed by atoms with E-state index in [-0.39, 0.29) is 12.1 Å². The van der Waals surface area contributed by atoms with Gasteiger partial charge in [-0.2, -0.15) is 0 Å². The molecule has 0 radical (unpaired) electrons. The van der Waals surface area contributed by atoms with E-state index in [1.54, 1.807) is 7.11 Å². The SMILES string of the molecule is CCOC(=O)C1(N2CCNCC2)CCCCC1OC. The number of hydrogen-bond acceptors (Lipinski definition) is 5. The Bertz CT molecular complexity index is 305. The first kappa shape index (κ1) is 14.8. The van der Waals surface area contributed by atoms with Gasteiger partial charge in [0.25, 0.3) is 0 Å². The van der Waals surface area contributed by atoms with Crippen molar-refractivity contribution in [1.29, 1.82) is 0 Å². The molecule has 19 heavy (non-hydrogen) atoms. The van der Waals surface area contributed by atoms with Gasteiger partial charge in [-0.3, -0.25) is 4.90 Å². The number of piperazine rings is 1. The van der Waals surface area contributed by atoms with Crippen LogP contribution in [0.25, 0.3) is 0 Å². The molecule has 1 heterocycles. The summed E-state index contributed by atoms with van der Waals surface area (Å²) < 4.78 is 11.1. The Kier molecular flexibility index (Phi) is 5.19. The average Bonchev–Trinajstić information content (AvgIpc) is 2.48. The lowest BCUT2D eigenvalue weighted by Crippen LogP contribution is -2.67. The Balaban J connectivity index is 2.26. The summed E-state index contributed by atoms with van der Waals surface area (Å²) in [5.41, 5.74) is -0.564. The topological polar surface area (TPSA) is 50.8 Å². The maximum atomic E-state index is 12.6. The van der Waals surface area contributed by atoms with Crippen LogP contribution in [0, 0.1) is 0 Å². The zero-order valence-electron chi connectivity index (χ0n) is 12.1. The molecular formula is C14H26N2O3.